The molecule has 5 heteroatoms. The average Bonchev–Trinajstić information content (AvgIpc) is 2.29. The van der Waals surface area contributed by atoms with Gasteiger partial charge < -0.3 is 5.73 Å². The molecule has 4 nitrogen and oxygen atoms in total. The molecule has 0 aliphatic rings. The van der Waals surface area contributed by atoms with Gasteiger partial charge in [0.15, 0.2) is 9.84 Å². The van der Waals surface area contributed by atoms with Crippen molar-refractivity contribution in [2.75, 3.05) is 12.0 Å². The first-order chi connectivity index (χ1) is 7.98. The number of anilines is 1. The lowest BCUT2D eigenvalue weighted by molar-refractivity contribution is 0.602. The molecule has 0 spiro atoms. The molecule has 1 heterocycles. The maximum absolute atomic E-state index is 11.4. The lowest BCUT2D eigenvalue weighted by Gasteiger charge is -2.05. The van der Waals surface area contributed by atoms with E-state index in [1.807, 2.05) is 0 Å². The van der Waals surface area contributed by atoms with E-state index in [2.05, 4.69) is 4.98 Å². The molecule has 0 atom stereocenters. The van der Waals surface area contributed by atoms with Crippen molar-refractivity contribution in [3.63, 3.8) is 0 Å². The van der Waals surface area contributed by atoms with Crippen molar-refractivity contribution in [2.24, 2.45) is 0 Å². The van der Waals surface area contributed by atoms with Gasteiger partial charge in [0, 0.05) is 18.0 Å². The van der Waals surface area contributed by atoms with E-state index in [0.29, 0.717) is 16.9 Å². The highest BCUT2D eigenvalue weighted by atomic mass is 32.2. The summed E-state index contributed by atoms with van der Waals surface area (Å²) >= 11 is 0. The first-order valence-electron chi connectivity index (χ1n) is 4.99. The van der Waals surface area contributed by atoms with Crippen molar-refractivity contribution in [2.45, 2.75) is 4.90 Å². The molecule has 0 radical (unpaired) electrons. The van der Waals surface area contributed by atoms with Crippen molar-refractivity contribution in [1.82, 2.24) is 4.98 Å². The van der Waals surface area contributed by atoms with Crippen LogP contribution in [0.1, 0.15) is 0 Å². The maximum atomic E-state index is 11.4. The smallest absolute Gasteiger partial charge is 0.175 e. The van der Waals surface area contributed by atoms with Gasteiger partial charge in [-0.2, -0.15) is 0 Å². The van der Waals surface area contributed by atoms with Crippen LogP contribution in [-0.4, -0.2) is 19.7 Å². The molecular weight excluding hydrogens is 236 g/mol. The molecule has 2 N–H and O–H groups in total. The lowest BCUT2D eigenvalue weighted by atomic mass is 10.1. The summed E-state index contributed by atoms with van der Waals surface area (Å²) in [7, 11) is -3.21. The van der Waals surface area contributed by atoms with Crippen molar-refractivity contribution in [1.29, 1.82) is 0 Å². The number of nitrogen functional groups attached to an aromatic ring is 1. The van der Waals surface area contributed by atoms with Crippen LogP contribution < -0.4 is 5.73 Å². The number of pyridine rings is 1. The van der Waals surface area contributed by atoms with Gasteiger partial charge in [0.1, 0.15) is 0 Å². The Labute approximate surface area is 100 Å². The largest absolute Gasteiger partial charge is 0.397 e. The van der Waals surface area contributed by atoms with Crippen LogP contribution in [0.25, 0.3) is 11.3 Å². The molecule has 0 fully saturated rings. The van der Waals surface area contributed by atoms with Crippen LogP contribution in [0.3, 0.4) is 0 Å². The number of rotatable bonds is 2. The fourth-order valence-corrected chi connectivity index (χ4v) is 2.20. The Bertz CT molecular complexity index is 651. The predicted molar refractivity (Wildman–Crippen MR) is 67.2 cm³/mol. The quantitative estimate of drug-likeness (QED) is 0.878. The normalized spacial score (nSPS) is 11.4. The molecule has 1 aromatic heterocycles. The Kier molecular flexibility index (Phi) is 2.85. The van der Waals surface area contributed by atoms with Crippen LogP contribution in [0, 0.1) is 0 Å². The molecule has 0 bridgehead atoms. The number of nitrogens with zero attached hydrogens (tertiary/aromatic N) is 1. The summed E-state index contributed by atoms with van der Waals surface area (Å²) < 4.78 is 22.9. The third-order valence-electron chi connectivity index (χ3n) is 2.37. The summed E-state index contributed by atoms with van der Waals surface area (Å²) in [5, 5.41) is 0. The SMILES string of the molecule is CS(=O)(=O)c1cccc(-c2ncccc2N)c1. The predicted octanol–water partition coefficient (Wildman–Crippen LogP) is 1.73. The summed E-state index contributed by atoms with van der Waals surface area (Å²) in [6, 6.07) is 10.1. The molecule has 0 unspecified atom stereocenters. The Morgan fingerprint density at radius 1 is 1.18 bits per heavy atom. The number of hydrogen-bond donors (Lipinski definition) is 1. The summed E-state index contributed by atoms with van der Waals surface area (Å²) in [5.74, 6) is 0. The Hall–Kier alpha value is -1.88. The highest BCUT2D eigenvalue weighted by Crippen LogP contribution is 2.24. The third kappa shape index (κ3) is 2.45. The van der Waals surface area contributed by atoms with Crippen LogP contribution in [0.15, 0.2) is 47.5 Å². The molecule has 0 aliphatic heterocycles. The lowest BCUT2D eigenvalue weighted by Crippen LogP contribution is -1.98. The van der Waals surface area contributed by atoms with E-state index in [1.165, 1.54) is 6.26 Å². The number of benzene rings is 1. The van der Waals surface area contributed by atoms with Gasteiger partial charge in [-0.15, -0.1) is 0 Å². The highest BCUT2D eigenvalue weighted by Gasteiger charge is 2.10. The van der Waals surface area contributed by atoms with Gasteiger partial charge in [-0.25, -0.2) is 8.42 Å². The molecule has 1 aromatic carbocycles. The molecule has 0 amide bonds. The standard InChI is InChI=1S/C12H12N2O2S/c1-17(15,16)10-5-2-4-9(8-10)12-11(13)6-3-7-14-12/h2-8H,13H2,1H3. The van der Waals surface area contributed by atoms with Gasteiger partial charge in [0.2, 0.25) is 0 Å². The van der Waals surface area contributed by atoms with Crippen LogP contribution in [0.2, 0.25) is 0 Å². The Balaban J connectivity index is 2.59. The van der Waals surface area contributed by atoms with Crippen LogP contribution >= 0.6 is 0 Å². The van der Waals surface area contributed by atoms with Gasteiger partial charge in [-0.3, -0.25) is 4.98 Å². The van der Waals surface area contributed by atoms with Gasteiger partial charge in [0.05, 0.1) is 16.3 Å². The molecule has 0 aliphatic carbocycles. The minimum atomic E-state index is -3.21. The maximum Gasteiger partial charge on any atom is 0.175 e. The van der Waals surface area contributed by atoms with Crippen molar-refractivity contribution in [3.8, 4) is 11.3 Å². The van der Waals surface area contributed by atoms with E-state index in [-0.39, 0.29) is 4.90 Å². The minimum Gasteiger partial charge on any atom is -0.397 e. The highest BCUT2D eigenvalue weighted by molar-refractivity contribution is 7.90. The van der Waals surface area contributed by atoms with E-state index in [9.17, 15) is 8.42 Å². The molecule has 0 saturated heterocycles. The second-order valence-corrected chi connectivity index (χ2v) is 5.76. The summed E-state index contributed by atoms with van der Waals surface area (Å²) in [6.07, 6.45) is 2.80. The summed E-state index contributed by atoms with van der Waals surface area (Å²) in [4.78, 5) is 4.42. The molecule has 0 saturated carbocycles. The second kappa shape index (κ2) is 4.18. The van der Waals surface area contributed by atoms with Gasteiger partial charge in [-0.1, -0.05) is 12.1 Å². The molecule has 88 valence electrons. The fourth-order valence-electron chi connectivity index (χ4n) is 1.53. The third-order valence-corrected chi connectivity index (χ3v) is 3.48. The molecule has 17 heavy (non-hydrogen) atoms. The van der Waals surface area contributed by atoms with Gasteiger partial charge in [-0.05, 0) is 24.3 Å². The summed E-state index contributed by atoms with van der Waals surface area (Å²) in [5.41, 5.74) is 7.62. The zero-order valence-electron chi connectivity index (χ0n) is 9.29. The Morgan fingerprint density at radius 3 is 2.59 bits per heavy atom. The van der Waals surface area contributed by atoms with E-state index >= 15 is 0 Å². The van der Waals surface area contributed by atoms with Crippen molar-refractivity contribution in [3.05, 3.63) is 42.6 Å². The topological polar surface area (TPSA) is 73.0 Å². The Morgan fingerprint density at radius 2 is 1.94 bits per heavy atom. The van der Waals surface area contributed by atoms with Gasteiger partial charge in [0.25, 0.3) is 0 Å². The van der Waals surface area contributed by atoms with Crippen LogP contribution in [-0.2, 0) is 9.84 Å². The van der Waals surface area contributed by atoms with E-state index < -0.39 is 9.84 Å². The van der Waals surface area contributed by atoms with E-state index in [1.54, 1.807) is 42.6 Å². The monoisotopic (exact) mass is 248 g/mol. The first kappa shape index (κ1) is 11.6. The average molecular weight is 248 g/mol. The number of nitrogens with two attached hydrogens (primary N) is 1. The minimum absolute atomic E-state index is 0.264. The van der Waals surface area contributed by atoms with E-state index in [4.69, 9.17) is 5.73 Å². The fraction of sp³-hybridized carbons (Fsp3) is 0.0833. The van der Waals surface area contributed by atoms with Gasteiger partial charge >= 0.3 is 0 Å². The molecular formula is C12H12N2O2S. The number of hydrogen-bond acceptors (Lipinski definition) is 4. The summed E-state index contributed by atoms with van der Waals surface area (Å²) in [6.45, 7) is 0. The number of aromatic nitrogens is 1. The molecule has 2 aromatic rings. The zero-order valence-corrected chi connectivity index (χ0v) is 10.1. The van der Waals surface area contributed by atoms with Crippen LogP contribution in [0.4, 0.5) is 5.69 Å². The van der Waals surface area contributed by atoms with Crippen molar-refractivity contribution >= 4 is 15.5 Å². The zero-order chi connectivity index (χ0) is 12.5. The van der Waals surface area contributed by atoms with E-state index in [0.717, 1.165) is 0 Å². The molecule has 2 rings (SSSR count). The second-order valence-electron chi connectivity index (χ2n) is 3.74. The number of sulfone groups is 1. The first-order valence-corrected chi connectivity index (χ1v) is 6.88. The van der Waals surface area contributed by atoms with Crippen molar-refractivity contribution < 1.29 is 8.42 Å². The van der Waals surface area contributed by atoms with Crippen LogP contribution in [0.5, 0.6) is 0 Å².